The molecular weight excluding hydrogens is 126 g/mol. The standard InChI is InChI=1S/C7H19N3/c1-6-7-10(8(2)3)9(4)5/h6-7H2,1-5H3. The van der Waals surface area contributed by atoms with E-state index in [1.165, 1.54) is 6.42 Å². The lowest BCUT2D eigenvalue weighted by Gasteiger charge is -2.33. The third-order valence-electron chi connectivity index (χ3n) is 1.35. The minimum Gasteiger partial charge on any atom is -0.234 e. The van der Waals surface area contributed by atoms with E-state index in [1.54, 1.807) is 0 Å². The Morgan fingerprint density at radius 2 is 1.30 bits per heavy atom. The molecule has 62 valence electrons. The molecule has 0 aliphatic carbocycles. The number of nitrogens with zero attached hydrogens (tertiary/aromatic N) is 3. The minimum atomic E-state index is 1.08. The maximum Gasteiger partial charge on any atom is 0.0290 e. The fourth-order valence-electron chi connectivity index (χ4n) is 0.958. The fourth-order valence-corrected chi connectivity index (χ4v) is 0.958. The van der Waals surface area contributed by atoms with Gasteiger partial charge in [-0.15, -0.1) is 0 Å². The van der Waals surface area contributed by atoms with Crippen LogP contribution in [0.15, 0.2) is 0 Å². The number of hydrogen-bond donors (Lipinski definition) is 0. The maximum atomic E-state index is 2.18. The molecule has 0 amide bonds. The van der Waals surface area contributed by atoms with Crippen LogP contribution in [0.2, 0.25) is 0 Å². The van der Waals surface area contributed by atoms with Gasteiger partial charge in [-0.1, -0.05) is 6.92 Å². The van der Waals surface area contributed by atoms with Gasteiger partial charge in [0.15, 0.2) is 0 Å². The first-order valence-corrected chi connectivity index (χ1v) is 3.71. The Labute approximate surface area is 64.1 Å². The molecular formula is C7H19N3. The SMILES string of the molecule is CCCN(N(C)C)N(C)C. The fraction of sp³-hybridized carbons (Fsp3) is 1.00. The van der Waals surface area contributed by atoms with Gasteiger partial charge >= 0.3 is 0 Å². The van der Waals surface area contributed by atoms with Crippen molar-refractivity contribution >= 4 is 0 Å². The largest absolute Gasteiger partial charge is 0.234 e. The van der Waals surface area contributed by atoms with Crippen molar-refractivity contribution in [3.63, 3.8) is 0 Å². The van der Waals surface area contributed by atoms with E-state index in [0.717, 1.165) is 6.54 Å². The second kappa shape index (κ2) is 4.66. The van der Waals surface area contributed by atoms with Crippen LogP contribution in [0.3, 0.4) is 0 Å². The maximum absolute atomic E-state index is 2.18. The zero-order valence-electron chi connectivity index (χ0n) is 7.76. The lowest BCUT2D eigenvalue weighted by Crippen LogP contribution is -2.46. The van der Waals surface area contributed by atoms with Crippen molar-refractivity contribution in [1.29, 1.82) is 0 Å². The van der Waals surface area contributed by atoms with Gasteiger partial charge in [0.1, 0.15) is 0 Å². The molecule has 3 heteroatoms. The molecule has 3 nitrogen and oxygen atoms in total. The molecule has 0 saturated carbocycles. The van der Waals surface area contributed by atoms with E-state index in [0.29, 0.717) is 0 Å². The molecule has 10 heavy (non-hydrogen) atoms. The highest BCUT2D eigenvalue weighted by atomic mass is 15.8. The Hall–Kier alpha value is -0.120. The number of hydrazine groups is 2. The van der Waals surface area contributed by atoms with E-state index in [9.17, 15) is 0 Å². The summed E-state index contributed by atoms with van der Waals surface area (Å²) in [6.45, 7) is 3.26. The minimum absolute atomic E-state index is 1.08. The van der Waals surface area contributed by atoms with Crippen LogP contribution in [0.25, 0.3) is 0 Å². The van der Waals surface area contributed by atoms with Crippen LogP contribution in [-0.4, -0.2) is 49.9 Å². The first-order chi connectivity index (χ1) is 4.59. The van der Waals surface area contributed by atoms with Gasteiger partial charge in [-0.3, -0.25) is 0 Å². The monoisotopic (exact) mass is 145 g/mol. The number of rotatable bonds is 4. The highest BCUT2D eigenvalue weighted by Crippen LogP contribution is 1.94. The van der Waals surface area contributed by atoms with Crippen molar-refractivity contribution in [1.82, 2.24) is 15.1 Å². The van der Waals surface area contributed by atoms with Crippen LogP contribution in [0.1, 0.15) is 13.3 Å². The molecule has 0 heterocycles. The molecule has 0 aliphatic rings. The Morgan fingerprint density at radius 3 is 1.40 bits per heavy atom. The normalized spacial score (nSPS) is 12.0. The summed E-state index contributed by atoms with van der Waals surface area (Å²) in [6.07, 6.45) is 1.18. The Bertz CT molecular complexity index is 72.9. The summed E-state index contributed by atoms with van der Waals surface area (Å²) in [7, 11) is 8.20. The molecule has 0 aromatic heterocycles. The summed E-state index contributed by atoms with van der Waals surface area (Å²) in [5.41, 5.74) is 0. The smallest absolute Gasteiger partial charge is 0.0290 e. The molecule has 0 rings (SSSR count). The lowest BCUT2D eigenvalue weighted by molar-refractivity contribution is -0.132. The highest BCUT2D eigenvalue weighted by molar-refractivity contribution is 4.41. The molecule has 0 N–H and O–H groups in total. The molecule has 0 saturated heterocycles. The van der Waals surface area contributed by atoms with Gasteiger partial charge in [0.05, 0.1) is 0 Å². The van der Waals surface area contributed by atoms with E-state index >= 15 is 0 Å². The summed E-state index contributed by atoms with van der Waals surface area (Å²) >= 11 is 0. The first kappa shape index (κ1) is 9.88. The molecule has 0 fully saturated rings. The molecule has 0 atom stereocenters. The summed E-state index contributed by atoms with van der Waals surface area (Å²) in [5, 5.41) is 6.35. The van der Waals surface area contributed by atoms with Crippen molar-refractivity contribution in [2.24, 2.45) is 0 Å². The van der Waals surface area contributed by atoms with E-state index in [4.69, 9.17) is 0 Å². The van der Waals surface area contributed by atoms with E-state index < -0.39 is 0 Å². The van der Waals surface area contributed by atoms with E-state index in [2.05, 4.69) is 50.3 Å². The van der Waals surface area contributed by atoms with Crippen molar-refractivity contribution in [2.45, 2.75) is 13.3 Å². The topological polar surface area (TPSA) is 9.72 Å². The van der Waals surface area contributed by atoms with Gasteiger partial charge in [0.25, 0.3) is 0 Å². The highest BCUT2D eigenvalue weighted by Gasteiger charge is 2.06. The zero-order chi connectivity index (χ0) is 8.15. The molecule has 0 aromatic rings. The molecule has 0 bridgehead atoms. The summed E-state index contributed by atoms with van der Waals surface area (Å²) in [6, 6.07) is 0. The van der Waals surface area contributed by atoms with Crippen LogP contribution in [0.5, 0.6) is 0 Å². The Kier molecular flexibility index (Phi) is 4.60. The summed E-state index contributed by atoms with van der Waals surface area (Å²) in [4.78, 5) is 0. The lowest BCUT2D eigenvalue weighted by atomic mass is 10.5. The number of hydrogen-bond acceptors (Lipinski definition) is 3. The van der Waals surface area contributed by atoms with Crippen molar-refractivity contribution in [3.8, 4) is 0 Å². The van der Waals surface area contributed by atoms with Gasteiger partial charge in [-0.2, -0.15) is 5.12 Å². The third kappa shape index (κ3) is 3.15. The Balaban J connectivity index is 3.73. The van der Waals surface area contributed by atoms with Crippen molar-refractivity contribution < 1.29 is 0 Å². The van der Waals surface area contributed by atoms with Crippen LogP contribution in [0.4, 0.5) is 0 Å². The zero-order valence-corrected chi connectivity index (χ0v) is 7.76. The van der Waals surface area contributed by atoms with E-state index in [1.807, 2.05) is 0 Å². The molecule has 0 aromatic carbocycles. The quantitative estimate of drug-likeness (QED) is 0.538. The molecule has 0 spiro atoms. The summed E-state index contributed by atoms with van der Waals surface area (Å²) in [5.74, 6) is 0. The molecule has 0 aliphatic heterocycles. The second-order valence-corrected chi connectivity index (χ2v) is 2.79. The summed E-state index contributed by atoms with van der Waals surface area (Å²) < 4.78 is 0. The van der Waals surface area contributed by atoms with Crippen molar-refractivity contribution in [2.75, 3.05) is 34.7 Å². The van der Waals surface area contributed by atoms with Crippen LogP contribution in [0, 0.1) is 0 Å². The first-order valence-electron chi connectivity index (χ1n) is 3.71. The average molecular weight is 145 g/mol. The van der Waals surface area contributed by atoms with Gasteiger partial charge in [-0.05, 0) is 6.42 Å². The predicted molar refractivity (Wildman–Crippen MR) is 44.4 cm³/mol. The average Bonchev–Trinajstić information content (AvgIpc) is 1.81. The van der Waals surface area contributed by atoms with Crippen LogP contribution < -0.4 is 0 Å². The van der Waals surface area contributed by atoms with Crippen molar-refractivity contribution in [3.05, 3.63) is 0 Å². The van der Waals surface area contributed by atoms with Crippen LogP contribution >= 0.6 is 0 Å². The molecule has 0 unspecified atom stereocenters. The van der Waals surface area contributed by atoms with Crippen LogP contribution in [-0.2, 0) is 0 Å². The van der Waals surface area contributed by atoms with Gasteiger partial charge in [-0.25, -0.2) is 10.0 Å². The molecule has 0 radical (unpaired) electrons. The third-order valence-corrected chi connectivity index (χ3v) is 1.35. The van der Waals surface area contributed by atoms with Gasteiger partial charge in [0, 0.05) is 34.7 Å². The second-order valence-electron chi connectivity index (χ2n) is 2.79. The van der Waals surface area contributed by atoms with Gasteiger partial charge < -0.3 is 0 Å². The van der Waals surface area contributed by atoms with E-state index in [-0.39, 0.29) is 0 Å². The predicted octanol–water partition coefficient (Wildman–Crippen LogP) is 0.652. The van der Waals surface area contributed by atoms with Gasteiger partial charge in [0.2, 0.25) is 0 Å². The Morgan fingerprint density at radius 1 is 0.900 bits per heavy atom.